The van der Waals surface area contributed by atoms with E-state index in [2.05, 4.69) is 16.4 Å². The van der Waals surface area contributed by atoms with Crippen LogP contribution in [0.3, 0.4) is 0 Å². The number of aromatic amines is 1. The van der Waals surface area contributed by atoms with E-state index in [9.17, 15) is 4.79 Å². The second-order valence-corrected chi connectivity index (χ2v) is 5.10. The molecule has 1 aromatic heterocycles. The lowest BCUT2D eigenvalue weighted by molar-refractivity contribution is 0.0935. The van der Waals surface area contributed by atoms with Crippen molar-refractivity contribution in [2.45, 2.75) is 19.3 Å². The van der Waals surface area contributed by atoms with Crippen molar-refractivity contribution < 1.29 is 4.79 Å². The number of rotatable bonds is 3. The first kappa shape index (κ1) is 11.8. The van der Waals surface area contributed by atoms with Crippen molar-refractivity contribution in [3.8, 4) is 6.07 Å². The van der Waals surface area contributed by atoms with Gasteiger partial charge >= 0.3 is 0 Å². The van der Waals surface area contributed by atoms with Gasteiger partial charge in [0, 0.05) is 17.4 Å². The van der Waals surface area contributed by atoms with E-state index >= 15 is 0 Å². The van der Waals surface area contributed by atoms with Gasteiger partial charge in [-0.05, 0) is 37.0 Å². The van der Waals surface area contributed by atoms with Crippen LogP contribution < -0.4 is 5.32 Å². The summed E-state index contributed by atoms with van der Waals surface area (Å²) in [5.41, 5.74) is 1.98. The fourth-order valence-corrected chi connectivity index (χ4v) is 2.35. The third kappa shape index (κ3) is 2.32. The van der Waals surface area contributed by atoms with E-state index in [4.69, 9.17) is 5.26 Å². The first-order chi connectivity index (χ1) is 9.26. The lowest BCUT2D eigenvalue weighted by Crippen LogP contribution is -2.32. The molecule has 1 heterocycles. The molecular formula is C15H15N3O. The van der Waals surface area contributed by atoms with Crippen molar-refractivity contribution in [2.24, 2.45) is 5.92 Å². The summed E-state index contributed by atoms with van der Waals surface area (Å²) in [5, 5.41) is 12.8. The summed E-state index contributed by atoms with van der Waals surface area (Å²) in [5.74, 6) is 0.583. The average Bonchev–Trinajstić information content (AvgIpc) is 2.79. The van der Waals surface area contributed by atoms with E-state index in [0.717, 1.165) is 17.4 Å². The standard InChI is InChI=1S/C15H15N3O/c16-8-11-4-5-12-7-14(18-13(12)6-11)15(19)17-9-10-2-1-3-10/h4-7,10,18H,1-3,9H2,(H,17,19). The van der Waals surface area contributed by atoms with Crippen molar-refractivity contribution in [1.29, 1.82) is 5.26 Å². The van der Waals surface area contributed by atoms with Crippen LogP contribution in [0.1, 0.15) is 35.3 Å². The Morgan fingerprint density at radius 1 is 1.42 bits per heavy atom. The molecule has 0 bridgehead atoms. The van der Waals surface area contributed by atoms with Crippen LogP contribution in [0.4, 0.5) is 0 Å². The molecule has 2 N–H and O–H groups in total. The molecule has 0 radical (unpaired) electrons. The van der Waals surface area contributed by atoms with Gasteiger partial charge in [-0.25, -0.2) is 0 Å². The van der Waals surface area contributed by atoms with E-state index in [1.54, 1.807) is 12.1 Å². The van der Waals surface area contributed by atoms with Crippen LogP contribution in [0.2, 0.25) is 0 Å². The average molecular weight is 253 g/mol. The summed E-state index contributed by atoms with van der Waals surface area (Å²) >= 11 is 0. The van der Waals surface area contributed by atoms with Gasteiger partial charge in [-0.1, -0.05) is 12.5 Å². The van der Waals surface area contributed by atoms with Crippen LogP contribution >= 0.6 is 0 Å². The molecule has 0 unspecified atom stereocenters. The number of nitrogens with one attached hydrogen (secondary N) is 2. The molecule has 1 aliphatic carbocycles. The van der Waals surface area contributed by atoms with E-state index in [-0.39, 0.29) is 5.91 Å². The minimum atomic E-state index is -0.0680. The largest absolute Gasteiger partial charge is 0.350 e. The van der Waals surface area contributed by atoms with Crippen LogP contribution in [0.5, 0.6) is 0 Å². The zero-order valence-corrected chi connectivity index (χ0v) is 10.6. The van der Waals surface area contributed by atoms with Gasteiger partial charge in [0.05, 0.1) is 11.6 Å². The quantitative estimate of drug-likeness (QED) is 0.882. The summed E-state index contributed by atoms with van der Waals surface area (Å²) in [6.07, 6.45) is 3.72. The minimum absolute atomic E-state index is 0.0680. The Hall–Kier alpha value is -2.28. The maximum absolute atomic E-state index is 12.0. The van der Waals surface area contributed by atoms with Crippen LogP contribution in [0, 0.1) is 17.2 Å². The Kier molecular flexibility index (Phi) is 2.96. The third-order valence-corrected chi connectivity index (χ3v) is 3.77. The van der Waals surface area contributed by atoms with Crippen molar-refractivity contribution in [1.82, 2.24) is 10.3 Å². The number of fused-ring (bicyclic) bond motifs is 1. The normalized spacial score (nSPS) is 14.9. The van der Waals surface area contributed by atoms with Gasteiger partial charge in [0.2, 0.25) is 0 Å². The number of carbonyl (C=O) groups is 1. The number of nitrogens with zero attached hydrogens (tertiary/aromatic N) is 1. The Morgan fingerprint density at radius 2 is 2.26 bits per heavy atom. The topological polar surface area (TPSA) is 68.7 Å². The monoisotopic (exact) mass is 253 g/mol. The molecule has 96 valence electrons. The highest BCUT2D eigenvalue weighted by atomic mass is 16.1. The van der Waals surface area contributed by atoms with Crippen molar-refractivity contribution in [2.75, 3.05) is 6.54 Å². The van der Waals surface area contributed by atoms with E-state index < -0.39 is 0 Å². The molecule has 2 aromatic rings. The zero-order chi connectivity index (χ0) is 13.2. The van der Waals surface area contributed by atoms with Gasteiger partial charge in [-0.2, -0.15) is 5.26 Å². The van der Waals surface area contributed by atoms with Crippen molar-refractivity contribution >= 4 is 16.8 Å². The number of benzene rings is 1. The summed E-state index contributed by atoms with van der Waals surface area (Å²) in [4.78, 5) is 15.1. The number of amides is 1. The fraction of sp³-hybridized carbons (Fsp3) is 0.333. The summed E-state index contributed by atoms with van der Waals surface area (Å²) in [7, 11) is 0. The predicted octanol–water partition coefficient (Wildman–Crippen LogP) is 2.57. The van der Waals surface area contributed by atoms with Gasteiger partial charge in [0.25, 0.3) is 5.91 Å². The second kappa shape index (κ2) is 4.77. The molecule has 1 saturated carbocycles. The fourth-order valence-electron chi connectivity index (χ4n) is 2.35. The van der Waals surface area contributed by atoms with Gasteiger partial charge < -0.3 is 10.3 Å². The first-order valence-corrected chi connectivity index (χ1v) is 6.57. The number of carbonyl (C=O) groups excluding carboxylic acids is 1. The summed E-state index contributed by atoms with van der Waals surface area (Å²) in [6.45, 7) is 0.762. The molecule has 1 aromatic carbocycles. The molecule has 4 nitrogen and oxygen atoms in total. The molecule has 0 spiro atoms. The number of H-pyrrole nitrogens is 1. The third-order valence-electron chi connectivity index (χ3n) is 3.77. The van der Waals surface area contributed by atoms with Gasteiger partial charge in [0.15, 0.2) is 0 Å². The summed E-state index contributed by atoms with van der Waals surface area (Å²) < 4.78 is 0. The summed E-state index contributed by atoms with van der Waals surface area (Å²) in [6, 6.07) is 9.29. The van der Waals surface area contributed by atoms with Crippen molar-refractivity contribution in [3.63, 3.8) is 0 Å². The van der Waals surface area contributed by atoms with Gasteiger partial charge in [-0.3, -0.25) is 4.79 Å². The predicted molar refractivity (Wildman–Crippen MR) is 72.7 cm³/mol. The Morgan fingerprint density at radius 3 is 2.95 bits per heavy atom. The van der Waals surface area contributed by atoms with Gasteiger partial charge in [-0.15, -0.1) is 0 Å². The van der Waals surface area contributed by atoms with Crippen molar-refractivity contribution in [3.05, 3.63) is 35.5 Å². The molecule has 3 rings (SSSR count). The van der Waals surface area contributed by atoms with Crippen LogP contribution in [-0.2, 0) is 0 Å². The number of nitriles is 1. The Bertz CT molecular complexity index is 662. The molecule has 1 amide bonds. The Labute approximate surface area is 111 Å². The molecule has 1 aliphatic rings. The molecule has 0 atom stereocenters. The smallest absolute Gasteiger partial charge is 0.267 e. The number of aromatic nitrogens is 1. The van der Waals surface area contributed by atoms with Crippen LogP contribution in [-0.4, -0.2) is 17.4 Å². The highest BCUT2D eigenvalue weighted by Gasteiger charge is 2.18. The SMILES string of the molecule is N#Cc1ccc2cc(C(=O)NCC3CCC3)[nH]c2c1. The number of hydrogen-bond acceptors (Lipinski definition) is 2. The number of hydrogen-bond donors (Lipinski definition) is 2. The highest BCUT2D eigenvalue weighted by molar-refractivity contribution is 5.98. The highest BCUT2D eigenvalue weighted by Crippen LogP contribution is 2.25. The Balaban J connectivity index is 1.76. The molecule has 0 aliphatic heterocycles. The van der Waals surface area contributed by atoms with Gasteiger partial charge in [0.1, 0.15) is 5.69 Å². The first-order valence-electron chi connectivity index (χ1n) is 6.57. The van der Waals surface area contributed by atoms with E-state index in [0.29, 0.717) is 17.2 Å². The van der Waals surface area contributed by atoms with E-state index in [1.165, 1.54) is 19.3 Å². The molecule has 4 heteroatoms. The van der Waals surface area contributed by atoms with E-state index in [1.807, 2.05) is 12.1 Å². The zero-order valence-electron chi connectivity index (χ0n) is 10.6. The minimum Gasteiger partial charge on any atom is -0.350 e. The lowest BCUT2D eigenvalue weighted by atomic mass is 9.85. The molecular weight excluding hydrogens is 238 g/mol. The molecule has 1 fully saturated rings. The molecule has 0 saturated heterocycles. The maximum atomic E-state index is 12.0. The van der Waals surface area contributed by atoms with Crippen LogP contribution in [0.25, 0.3) is 10.9 Å². The van der Waals surface area contributed by atoms with Crippen LogP contribution in [0.15, 0.2) is 24.3 Å². The maximum Gasteiger partial charge on any atom is 0.267 e. The molecule has 19 heavy (non-hydrogen) atoms. The lowest BCUT2D eigenvalue weighted by Gasteiger charge is -2.25. The second-order valence-electron chi connectivity index (χ2n) is 5.10.